The molecule has 2 rings (SSSR count). The second-order valence-electron chi connectivity index (χ2n) is 3.99. The number of ether oxygens (including phenoxy) is 2. The minimum atomic E-state index is -0.434. The first kappa shape index (κ1) is 13.2. The lowest BCUT2D eigenvalue weighted by atomic mass is 10.2. The fraction of sp³-hybridized carbons (Fsp3) is 0.200. The summed E-state index contributed by atoms with van der Waals surface area (Å²) in [5, 5.41) is 0. The summed E-state index contributed by atoms with van der Waals surface area (Å²) in [5.74, 6) is 0.803. The minimum Gasteiger partial charge on any atom is -0.490 e. The summed E-state index contributed by atoms with van der Waals surface area (Å²) >= 11 is 0. The molecule has 3 nitrogen and oxygen atoms in total. The predicted octanol–water partition coefficient (Wildman–Crippen LogP) is 3.39. The number of nitrogens with two attached hydrogens (primary N) is 1. The molecule has 2 aromatic rings. The third-order valence-corrected chi connectivity index (χ3v) is 2.64. The van der Waals surface area contributed by atoms with Crippen molar-refractivity contribution in [3.05, 3.63) is 53.8 Å². The van der Waals surface area contributed by atoms with Gasteiger partial charge in [-0.25, -0.2) is 4.39 Å². The Labute approximate surface area is 111 Å². The third-order valence-electron chi connectivity index (χ3n) is 2.64. The Morgan fingerprint density at radius 2 is 1.68 bits per heavy atom. The van der Waals surface area contributed by atoms with Gasteiger partial charge in [0.15, 0.2) is 17.3 Å². The van der Waals surface area contributed by atoms with Gasteiger partial charge in [-0.15, -0.1) is 0 Å². The van der Waals surface area contributed by atoms with E-state index in [0.29, 0.717) is 23.7 Å². The normalized spacial score (nSPS) is 10.2. The molecule has 0 radical (unpaired) electrons. The number of anilines is 1. The molecule has 2 N–H and O–H groups in total. The van der Waals surface area contributed by atoms with Crippen LogP contribution in [0.4, 0.5) is 10.1 Å². The van der Waals surface area contributed by atoms with Gasteiger partial charge in [0.2, 0.25) is 0 Å². The van der Waals surface area contributed by atoms with Gasteiger partial charge in [0.05, 0.1) is 12.3 Å². The van der Waals surface area contributed by atoms with Gasteiger partial charge in [-0.05, 0) is 25.1 Å². The SMILES string of the molecule is CCOc1ccccc1OCc1cccc(N)c1F. The van der Waals surface area contributed by atoms with E-state index in [9.17, 15) is 4.39 Å². The fourth-order valence-corrected chi connectivity index (χ4v) is 1.71. The molecule has 4 heteroatoms. The van der Waals surface area contributed by atoms with E-state index >= 15 is 0 Å². The largest absolute Gasteiger partial charge is 0.490 e. The number of rotatable bonds is 5. The Morgan fingerprint density at radius 1 is 1.00 bits per heavy atom. The first-order valence-electron chi connectivity index (χ1n) is 6.10. The Morgan fingerprint density at radius 3 is 2.37 bits per heavy atom. The number of hydrogen-bond acceptors (Lipinski definition) is 3. The minimum absolute atomic E-state index is 0.112. The Hall–Kier alpha value is -2.23. The van der Waals surface area contributed by atoms with Crippen molar-refractivity contribution in [1.82, 2.24) is 0 Å². The molecule has 0 bridgehead atoms. The molecule has 0 aliphatic rings. The summed E-state index contributed by atoms with van der Waals surface area (Å²) in [4.78, 5) is 0. The van der Waals surface area contributed by atoms with Gasteiger partial charge < -0.3 is 15.2 Å². The second kappa shape index (κ2) is 6.09. The van der Waals surface area contributed by atoms with Gasteiger partial charge >= 0.3 is 0 Å². The quantitative estimate of drug-likeness (QED) is 0.839. The monoisotopic (exact) mass is 261 g/mol. The number of benzene rings is 2. The van der Waals surface area contributed by atoms with Crippen LogP contribution in [0, 0.1) is 5.82 Å². The highest BCUT2D eigenvalue weighted by Crippen LogP contribution is 2.27. The molecule has 0 aliphatic carbocycles. The zero-order chi connectivity index (χ0) is 13.7. The fourth-order valence-electron chi connectivity index (χ4n) is 1.71. The molecule has 100 valence electrons. The molecule has 0 heterocycles. The molecular weight excluding hydrogens is 245 g/mol. The van der Waals surface area contributed by atoms with Crippen molar-refractivity contribution in [2.45, 2.75) is 13.5 Å². The van der Waals surface area contributed by atoms with Crippen molar-refractivity contribution in [1.29, 1.82) is 0 Å². The summed E-state index contributed by atoms with van der Waals surface area (Å²) in [5.41, 5.74) is 6.06. The van der Waals surface area contributed by atoms with Crippen LogP contribution in [0.1, 0.15) is 12.5 Å². The maximum absolute atomic E-state index is 13.7. The lowest BCUT2D eigenvalue weighted by Crippen LogP contribution is -2.03. The van der Waals surface area contributed by atoms with E-state index in [1.54, 1.807) is 18.2 Å². The smallest absolute Gasteiger partial charge is 0.161 e. The van der Waals surface area contributed by atoms with Crippen LogP contribution in [0.3, 0.4) is 0 Å². The molecule has 19 heavy (non-hydrogen) atoms. The maximum Gasteiger partial charge on any atom is 0.161 e. The Kier molecular flexibility index (Phi) is 4.23. The highest BCUT2D eigenvalue weighted by Gasteiger charge is 2.08. The van der Waals surface area contributed by atoms with Crippen LogP contribution >= 0.6 is 0 Å². The van der Waals surface area contributed by atoms with E-state index in [0.717, 1.165) is 0 Å². The van der Waals surface area contributed by atoms with Gasteiger partial charge in [-0.3, -0.25) is 0 Å². The summed E-state index contributed by atoms with van der Waals surface area (Å²) in [7, 11) is 0. The zero-order valence-electron chi connectivity index (χ0n) is 10.7. The molecule has 0 spiro atoms. The van der Waals surface area contributed by atoms with Crippen molar-refractivity contribution in [2.75, 3.05) is 12.3 Å². The van der Waals surface area contributed by atoms with Gasteiger partial charge in [-0.1, -0.05) is 24.3 Å². The molecule has 0 aromatic heterocycles. The number of para-hydroxylation sites is 2. The molecular formula is C15H16FNO2. The van der Waals surface area contributed by atoms with E-state index in [-0.39, 0.29) is 12.3 Å². The summed E-state index contributed by atoms with van der Waals surface area (Å²) in [6.07, 6.45) is 0. The van der Waals surface area contributed by atoms with E-state index in [1.165, 1.54) is 6.07 Å². The van der Waals surface area contributed by atoms with Crippen molar-refractivity contribution >= 4 is 5.69 Å². The van der Waals surface area contributed by atoms with Crippen LogP contribution in [-0.4, -0.2) is 6.61 Å². The Balaban J connectivity index is 2.12. The van der Waals surface area contributed by atoms with Crippen molar-refractivity contribution < 1.29 is 13.9 Å². The van der Waals surface area contributed by atoms with E-state index in [2.05, 4.69) is 0 Å². The standard InChI is InChI=1S/C15H16FNO2/c1-2-18-13-8-3-4-9-14(13)19-10-11-6-5-7-12(17)15(11)16/h3-9H,2,10,17H2,1H3. The third kappa shape index (κ3) is 3.16. The van der Waals surface area contributed by atoms with Crippen LogP contribution in [0.25, 0.3) is 0 Å². The molecule has 0 aliphatic heterocycles. The van der Waals surface area contributed by atoms with Gasteiger partial charge in [0, 0.05) is 5.56 Å². The first-order chi connectivity index (χ1) is 9.22. The molecule has 2 aromatic carbocycles. The van der Waals surface area contributed by atoms with Crippen LogP contribution in [0.2, 0.25) is 0 Å². The molecule has 0 fully saturated rings. The van der Waals surface area contributed by atoms with Crippen molar-refractivity contribution in [2.24, 2.45) is 0 Å². The first-order valence-corrected chi connectivity index (χ1v) is 6.10. The Bertz CT molecular complexity index is 558. The summed E-state index contributed by atoms with van der Waals surface area (Å²) in [6.45, 7) is 2.56. The van der Waals surface area contributed by atoms with Gasteiger partial charge in [0.1, 0.15) is 6.61 Å². The zero-order valence-corrected chi connectivity index (χ0v) is 10.7. The summed E-state index contributed by atoms with van der Waals surface area (Å²) < 4.78 is 24.7. The second-order valence-corrected chi connectivity index (χ2v) is 3.99. The number of halogens is 1. The molecule has 0 unspecified atom stereocenters. The predicted molar refractivity (Wildman–Crippen MR) is 72.8 cm³/mol. The molecule has 0 saturated heterocycles. The van der Waals surface area contributed by atoms with Gasteiger partial charge in [0.25, 0.3) is 0 Å². The lowest BCUT2D eigenvalue weighted by Gasteiger charge is -2.12. The average molecular weight is 261 g/mol. The van der Waals surface area contributed by atoms with Crippen molar-refractivity contribution in [3.63, 3.8) is 0 Å². The molecule has 0 atom stereocenters. The van der Waals surface area contributed by atoms with Crippen LogP contribution < -0.4 is 15.2 Å². The van der Waals surface area contributed by atoms with Crippen LogP contribution in [0.15, 0.2) is 42.5 Å². The number of hydrogen-bond donors (Lipinski definition) is 1. The molecule has 0 amide bonds. The number of nitrogen functional groups attached to an aromatic ring is 1. The topological polar surface area (TPSA) is 44.5 Å². The van der Waals surface area contributed by atoms with Crippen LogP contribution in [0.5, 0.6) is 11.5 Å². The highest BCUT2D eigenvalue weighted by molar-refractivity contribution is 5.43. The highest BCUT2D eigenvalue weighted by atomic mass is 19.1. The summed E-state index contributed by atoms with van der Waals surface area (Å²) in [6, 6.07) is 12.2. The van der Waals surface area contributed by atoms with Gasteiger partial charge in [-0.2, -0.15) is 0 Å². The van der Waals surface area contributed by atoms with Crippen LogP contribution in [-0.2, 0) is 6.61 Å². The van der Waals surface area contributed by atoms with E-state index < -0.39 is 5.82 Å². The van der Waals surface area contributed by atoms with Crippen molar-refractivity contribution in [3.8, 4) is 11.5 Å². The average Bonchev–Trinajstić information content (AvgIpc) is 2.42. The van der Waals surface area contributed by atoms with E-state index in [4.69, 9.17) is 15.2 Å². The van der Waals surface area contributed by atoms with E-state index in [1.807, 2.05) is 25.1 Å². The lowest BCUT2D eigenvalue weighted by molar-refractivity contribution is 0.266. The molecule has 0 saturated carbocycles. The maximum atomic E-state index is 13.7.